The van der Waals surface area contributed by atoms with E-state index in [-0.39, 0.29) is 11.8 Å². The fourth-order valence-corrected chi connectivity index (χ4v) is 5.43. The summed E-state index contributed by atoms with van der Waals surface area (Å²) in [6.07, 6.45) is 7.34. The van der Waals surface area contributed by atoms with E-state index < -0.39 is 10.0 Å². The molecule has 1 aliphatic carbocycles. The molecule has 0 aromatic heterocycles. The number of sulfonamides is 1. The highest BCUT2D eigenvalue weighted by Crippen LogP contribution is 2.26. The molecule has 0 radical (unpaired) electrons. The fourth-order valence-electron chi connectivity index (χ4n) is 3.83. The van der Waals surface area contributed by atoms with Gasteiger partial charge in [0.25, 0.3) is 0 Å². The third-order valence-electron chi connectivity index (χ3n) is 5.36. The fraction of sp³-hybridized carbons (Fsp3) is 0.632. The molecule has 1 atom stereocenters. The first-order chi connectivity index (χ1) is 12.0. The van der Waals surface area contributed by atoms with Crippen molar-refractivity contribution in [1.82, 2.24) is 4.31 Å². The van der Waals surface area contributed by atoms with Crippen molar-refractivity contribution in [2.75, 3.05) is 18.4 Å². The highest BCUT2D eigenvalue weighted by molar-refractivity contribution is 7.89. The molecule has 2 fully saturated rings. The second-order valence-electron chi connectivity index (χ2n) is 7.46. The minimum atomic E-state index is -3.44. The topological polar surface area (TPSA) is 66.5 Å². The molecule has 1 saturated heterocycles. The molecule has 1 heterocycles. The Kier molecular flexibility index (Phi) is 5.79. The van der Waals surface area contributed by atoms with Gasteiger partial charge in [0.15, 0.2) is 0 Å². The quantitative estimate of drug-likeness (QED) is 0.887. The number of amides is 1. The molecule has 1 N–H and O–H groups in total. The first kappa shape index (κ1) is 18.4. The largest absolute Gasteiger partial charge is 0.326 e. The van der Waals surface area contributed by atoms with Gasteiger partial charge in [-0.15, -0.1) is 0 Å². The molecular formula is C19H28N2O3S. The third kappa shape index (κ3) is 4.42. The van der Waals surface area contributed by atoms with Crippen molar-refractivity contribution >= 4 is 21.6 Å². The normalized spacial score (nSPS) is 23.3. The van der Waals surface area contributed by atoms with Crippen LogP contribution >= 0.6 is 0 Å². The first-order valence-electron chi connectivity index (χ1n) is 9.38. The second kappa shape index (κ2) is 7.87. The molecule has 2 aliphatic rings. The number of nitrogens with one attached hydrogen (secondary N) is 1. The molecule has 0 spiro atoms. The highest BCUT2D eigenvalue weighted by atomic mass is 32.2. The molecule has 1 saturated carbocycles. The lowest BCUT2D eigenvalue weighted by Crippen LogP contribution is -2.39. The Hall–Kier alpha value is -1.40. The highest BCUT2D eigenvalue weighted by Gasteiger charge is 2.28. The van der Waals surface area contributed by atoms with Crippen LogP contribution in [-0.4, -0.2) is 31.7 Å². The molecule has 3 rings (SSSR count). The van der Waals surface area contributed by atoms with E-state index in [1.165, 1.54) is 6.42 Å². The molecule has 1 unspecified atom stereocenters. The maximum Gasteiger partial charge on any atom is 0.243 e. The van der Waals surface area contributed by atoms with Gasteiger partial charge < -0.3 is 5.32 Å². The summed E-state index contributed by atoms with van der Waals surface area (Å²) in [5, 5.41) is 2.93. The van der Waals surface area contributed by atoms with E-state index >= 15 is 0 Å². The maximum absolute atomic E-state index is 12.8. The van der Waals surface area contributed by atoms with Crippen molar-refractivity contribution in [2.24, 2.45) is 11.8 Å². The first-order valence-corrected chi connectivity index (χ1v) is 10.8. The van der Waals surface area contributed by atoms with Crippen LogP contribution in [0.1, 0.15) is 51.9 Å². The number of benzene rings is 1. The Labute approximate surface area is 150 Å². The lowest BCUT2D eigenvalue weighted by molar-refractivity contribution is -0.120. The van der Waals surface area contributed by atoms with E-state index in [0.29, 0.717) is 29.6 Å². The average molecular weight is 365 g/mol. The van der Waals surface area contributed by atoms with Gasteiger partial charge >= 0.3 is 0 Å². The van der Waals surface area contributed by atoms with Gasteiger partial charge in [-0.05, 0) is 55.9 Å². The van der Waals surface area contributed by atoms with Crippen LogP contribution in [-0.2, 0) is 14.8 Å². The molecule has 25 heavy (non-hydrogen) atoms. The van der Waals surface area contributed by atoms with Crippen LogP contribution in [0.3, 0.4) is 0 Å². The van der Waals surface area contributed by atoms with E-state index in [2.05, 4.69) is 12.2 Å². The summed E-state index contributed by atoms with van der Waals surface area (Å²) in [6, 6.07) is 6.60. The number of carbonyl (C=O) groups is 1. The van der Waals surface area contributed by atoms with Crippen LogP contribution in [0.25, 0.3) is 0 Å². The predicted molar refractivity (Wildman–Crippen MR) is 98.8 cm³/mol. The summed E-state index contributed by atoms with van der Waals surface area (Å²) in [4.78, 5) is 12.6. The van der Waals surface area contributed by atoms with Crippen LogP contribution in [0.5, 0.6) is 0 Å². The standard InChI is InChI=1S/C19H28N2O3S/c1-15-6-5-13-21(14-15)25(23,24)18-11-9-17(10-12-18)20-19(22)16-7-3-2-4-8-16/h9-12,15-16H,2-8,13-14H2,1H3,(H,20,22). The molecular weight excluding hydrogens is 336 g/mol. The van der Waals surface area contributed by atoms with Gasteiger partial charge in [-0.3, -0.25) is 4.79 Å². The minimum absolute atomic E-state index is 0.0557. The van der Waals surface area contributed by atoms with E-state index in [9.17, 15) is 13.2 Å². The Bertz CT molecular complexity index is 694. The minimum Gasteiger partial charge on any atom is -0.326 e. The number of hydrogen-bond donors (Lipinski definition) is 1. The van der Waals surface area contributed by atoms with E-state index in [1.807, 2.05) is 0 Å². The predicted octanol–water partition coefficient (Wildman–Crippen LogP) is 3.63. The summed E-state index contributed by atoms with van der Waals surface area (Å²) in [7, 11) is -3.44. The smallest absolute Gasteiger partial charge is 0.243 e. The average Bonchev–Trinajstić information content (AvgIpc) is 2.63. The van der Waals surface area contributed by atoms with Gasteiger partial charge in [-0.2, -0.15) is 4.31 Å². The van der Waals surface area contributed by atoms with Gasteiger partial charge in [0.2, 0.25) is 15.9 Å². The molecule has 5 nitrogen and oxygen atoms in total. The molecule has 1 aliphatic heterocycles. The zero-order chi connectivity index (χ0) is 17.9. The van der Waals surface area contributed by atoms with Crippen LogP contribution in [0.15, 0.2) is 29.2 Å². The molecule has 1 aromatic carbocycles. The monoisotopic (exact) mass is 364 g/mol. The summed E-state index contributed by atoms with van der Waals surface area (Å²) in [5.74, 6) is 0.546. The number of anilines is 1. The molecule has 1 aromatic rings. The maximum atomic E-state index is 12.8. The van der Waals surface area contributed by atoms with E-state index in [1.54, 1.807) is 28.6 Å². The Balaban J connectivity index is 1.66. The summed E-state index contributed by atoms with van der Waals surface area (Å²) in [5.41, 5.74) is 0.668. The molecule has 1 amide bonds. The molecule has 6 heteroatoms. The molecule has 0 bridgehead atoms. The second-order valence-corrected chi connectivity index (χ2v) is 9.40. The van der Waals surface area contributed by atoms with Gasteiger partial charge in [0, 0.05) is 24.7 Å². The Morgan fingerprint density at radius 3 is 2.36 bits per heavy atom. The summed E-state index contributed by atoms with van der Waals surface area (Å²) >= 11 is 0. The van der Waals surface area contributed by atoms with E-state index in [0.717, 1.165) is 38.5 Å². The van der Waals surface area contributed by atoms with Crippen molar-refractivity contribution < 1.29 is 13.2 Å². The van der Waals surface area contributed by atoms with Crippen LogP contribution in [0.2, 0.25) is 0 Å². The zero-order valence-corrected chi connectivity index (χ0v) is 15.7. The molecule has 138 valence electrons. The van der Waals surface area contributed by atoms with Crippen LogP contribution < -0.4 is 5.32 Å². The SMILES string of the molecule is CC1CCCN(S(=O)(=O)c2ccc(NC(=O)C3CCCCC3)cc2)C1. The lowest BCUT2D eigenvalue weighted by atomic mass is 9.88. The third-order valence-corrected chi connectivity index (χ3v) is 7.23. The summed E-state index contributed by atoms with van der Waals surface area (Å²) < 4.78 is 27.1. The number of nitrogens with zero attached hydrogens (tertiary/aromatic N) is 1. The Morgan fingerprint density at radius 2 is 1.72 bits per heavy atom. The van der Waals surface area contributed by atoms with Crippen molar-refractivity contribution in [3.63, 3.8) is 0 Å². The number of rotatable bonds is 4. The number of piperidine rings is 1. The van der Waals surface area contributed by atoms with Crippen molar-refractivity contribution in [2.45, 2.75) is 56.8 Å². The van der Waals surface area contributed by atoms with E-state index in [4.69, 9.17) is 0 Å². The van der Waals surface area contributed by atoms with Gasteiger partial charge in [0.1, 0.15) is 0 Å². The number of carbonyl (C=O) groups excluding carboxylic acids is 1. The van der Waals surface area contributed by atoms with Gasteiger partial charge in [-0.1, -0.05) is 26.2 Å². The van der Waals surface area contributed by atoms with Crippen LogP contribution in [0, 0.1) is 11.8 Å². The van der Waals surface area contributed by atoms with Crippen molar-refractivity contribution in [3.05, 3.63) is 24.3 Å². The number of hydrogen-bond acceptors (Lipinski definition) is 3. The summed E-state index contributed by atoms with van der Waals surface area (Å²) in [6.45, 7) is 3.26. The van der Waals surface area contributed by atoms with Crippen LogP contribution in [0.4, 0.5) is 5.69 Å². The zero-order valence-electron chi connectivity index (χ0n) is 14.9. The lowest BCUT2D eigenvalue weighted by Gasteiger charge is -2.30. The Morgan fingerprint density at radius 1 is 1.04 bits per heavy atom. The van der Waals surface area contributed by atoms with Crippen molar-refractivity contribution in [1.29, 1.82) is 0 Å². The van der Waals surface area contributed by atoms with Gasteiger partial charge in [0.05, 0.1) is 4.90 Å². The van der Waals surface area contributed by atoms with Gasteiger partial charge in [-0.25, -0.2) is 8.42 Å². The van der Waals surface area contributed by atoms with Crippen molar-refractivity contribution in [3.8, 4) is 0 Å².